The normalized spacial score (nSPS) is 10.6. The van der Waals surface area contributed by atoms with Crippen LogP contribution in [0.2, 0.25) is 0 Å². The first-order valence-corrected chi connectivity index (χ1v) is 7.60. The van der Waals surface area contributed by atoms with Gasteiger partial charge < -0.3 is 11.1 Å². The molecule has 1 aromatic rings. The van der Waals surface area contributed by atoms with Crippen molar-refractivity contribution in [2.75, 3.05) is 24.3 Å². The highest BCUT2D eigenvalue weighted by atomic mass is 32.2. The Labute approximate surface area is 112 Å². The SMILES string of the molecule is CSCCCCCCNC(=O)c1nn(C)cc1N. The summed E-state index contributed by atoms with van der Waals surface area (Å²) in [5, 5.41) is 6.87. The van der Waals surface area contributed by atoms with Crippen LogP contribution in [0, 0.1) is 0 Å². The third-order valence-corrected chi connectivity index (χ3v) is 3.33. The first kappa shape index (κ1) is 14.9. The third kappa shape index (κ3) is 5.00. The van der Waals surface area contributed by atoms with E-state index in [1.807, 2.05) is 11.8 Å². The van der Waals surface area contributed by atoms with Crippen molar-refractivity contribution < 1.29 is 4.79 Å². The molecule has 0 bridgehead atoms. The second-order valence-corrected chi connectivity index (χ2v) is 5.26. The molecule has 0 saturated heterocycles. The van der Waals surface area contributed by atoms with Gasteiger partial charge in [-0.25, -0.2) is 0 Å². The Kier molecular flexibility index (Phi) is 6.64. The molecule has 1 aromatic heterocycles. The summed E-state index contributed by atoms with van der Waals surface area (Å²) in [7, 11) is 1.75. The van der Waals surface area contributed by atoms with Crippen molar-refractivity contribution in [1.29, 1.82) is 0 Å². The van der Waals surface area contributed by atoms with E-state index in [0.717, 1.165) is 12.8 Å². The first-order chi connectivity index (χ1) is 8.65. The van der Waals surface area contributed by atoms with E-state index in [2.05, 4.69) is 16.7 Å². The molecule has 0 aliphatic heterocycles. The molecule has 1 amide bonds. The van der Waals surface area contributed by atoms with Crippen LogP contribution in [0.15, 0.2) is 6.20 Å². The van der Waals surface area contributed by atoms with Crippen LogP contribution in [0.4, 0.5) is 5.69 Å². The van der Waals surface area contributed by atoms with Crippen LogP contribution in [0.1, 0.15) is 36.2 Å². The molecule has 0 spiro atoms. The molecule has 0 unspecified atom stereocenters. The van der Waals surface area contributed by atoms with Gasteiger partial charge in [-0.3, -0.25) is 9.48 Å². The molecule has 0 radical (unpaired) electrons. The Hall–Kier alpha value is -1.17. The number of aryl methyl sites for hydroxylation is 1. The smallest absolute Gasteiger partial charge is 0.273 e. The van der Waals surface area contributed by atoms with Gasteiger partial charge in [-0.1, -0.05) is 12.8 Å². The molecule has 0 saturated carbocycles. The highest BCUT2D eigenvalue weighted by molar-refractivity contribution is 7.98. The van der Waals surface area contributed by atoms with Crippen LogP contribution in [-0.2, 0) is 7.05 Å². The molecule has 5 nitrogen and oxygen atoms in total. The Morgan fingerprint density at radius 2 is 2.17 bits per heavy atom. The molecule has 0 aliphatic rings. The molecule has 0 aliphatic carbocycles. The number of carbonyl (C=O) groups excluding carboxylic acids is 1. The van der Waals surface area contributed by atoms with E-state index < -0.39 is 0 Å². The molecule has 102 valence electrons. The maximum absolute atomic E-state index is 11.7. The number of anilines is 1. The Morgan fingerprint density at radius 1 is 1.44 bits per heavy atom. The summed E-state index contributed by atoms with van der Waals surface area (Å²) in [4.78, 5) is 11.7. The summed E-state index contributed by atoms with van der Waals surface area (Å²) in [6.07, 6.45) is 8.39. The molecule has 0 fully saturated rings. The molecular formula is C12H22N4OS. The number of carbonyl (C=O) groups is 1. The largest absolute Gasteiger partial charge is 0.396 e. The van der Waals surface area contributed by atoms with Gasteiger partial charge in [0.1, 0.15) is 0 Å². The van der Waals surface area contributed by atoms with Gasteiger partial charge >= 0.3 is 0 Å². The van der Waals surface area contributed by atoms with Crippen LogP contribution in [0.25, 0.3) is 0 Å². The van der Waals surface area contributed by atoms with Crippen LogP contribution < -0.4 is 11.1 Å². The second-order valence-electron chi connectivity index (χ2n) is 4.27. The zero-order chi connectivity index (χ0) is 13.4. The number of thioether (sulfide) groups is 1. The van der Waals surface area contributed by atoms with E-state index in [1.165, 1.54) is 18.6 Å². The number of hydrogen-bond acceptors (Lipinski definition) is 4. The minimum Gasteiger partial charge on any atom is -0.396 e. The van der Waals surface area contributed by atoms with E-state index >= 15 is 0 Å². The lowest BCUT2D eigenvalue weighted by Crippen LogP contribution is -2.25. The van der Waals surface area contributed by atoms with E-state index in [-0.39, 0.29) is 5.91 Å². The van der Waals surface area contributed by atoms with Crippen molar-refractivity contribution in [3.05, 3.63) is 11.9 Å². The fourth-order valence-corrected chi connectivity index (χ4v) is 2.19. The second kappa shape index (κ2) is 8.02. The number of nitrogens with one attached hydrogen (secondary N) is 1. The summed E-state index contributed by atoms with van der Waals surface area (Å²) in [5.41, 5.74) is 6.43. The van der Waals surface area contributed by atoms with Gasteiger partial charge in [0.2, 0.25) is 0 Å². The van der Waals surface area contributed by atoms with Crippen LogP contribution >= 0.6 is 11.8 Å². The van der Waals surface area contributed by atoms with Crippen molar-refractivity contribution in [3.63, 3.8) is 0 Å². The molecule has 6 heteroatoms. The van der Waals surface area contributed by atoms with Crippen molar-refractivity contribution >= 4 is 23.4 Å². The lowest BCUT2D eigenvalue weighted by molar-refractivity contribution is 0.0948. The average molecular weight is 270 g/mol. The monoisotopic (exact) mass is 270 g/mol. The van der Waals surface area contributed by atoms with Gasteiger partial charge in [0.15, 0.2) is 5.69 Å². The number of rotatable bonds is 8. The fraction of sp³-hybridized carbons (Fsp3) is 0.667. The van der Waals surface area contributed by atoms with Crippen molar-refractivity contribution in [1.82, 2.24) is 15.1 Å². The topological polar surface area (TPSA) is 72.9 Å². The molecule has 1 rings (SSSR count). The van der Waals surface area contributed by atoms with E-state index in [4.69, 9.17) is 5.73 Å². The van der Waals surface area contributed by atoms with Crippen LogP contribution in [0.3, 0.4) is 0 Å². The molecule has 0 aromatic carbocycles. The Balaban J connectivity index is 2.16. The van der Waals surface area contributed by atoms with Crippen LogP contribution in [0.5, 0.6) is 0 Å². The number of nitrogen functional groups attached to an aromatic ring is 1. The third-order valence-electron chi connectivity index (χ3n) is 2.63. The summed E-state index contributed by atoms with van der Waals surface area (Å²) in [5.74, 6) is 1.04. The van der Waals surface area contributed by atoms with E-state index in [0.29, 0.717) is 17.9 Å². The number of nitrogens with two attached hydrogens (primary N) is 1. The highest BCUT2D eigenvalue weighted by Gasteiger charge is 2.12. The van der Waals surface area contributed by atoms with Gasteiger partial charge in [0.05, 0.1) is 5.69 Å². The number of aromatic nitrogens is 2. The minimum atomic E-state index is -0.183. The van der Waals surface area contributed by atoms with Crippen molar-refractivity contribution in [3.8, 4) is 0 Å². The highest BCUT2D eigenvalue weighted by Crippen LogP contribution is 2.08. The lowest BCUT2D eigenvalue weighted by Gasteiger charge is -2.03. The molecule has 18 heavy (non-hydrogen) atoms. The molecule has 0 atom stereocenters. The molecule has 3 N–H and O–H groups in total. The standard InChI is InChI=1S/C12H22N4OS/c1-16-9-10(13)11(15-16)12(17)14-7-5-3-4-6-8-18-2/h9H,3-8,13H2,1-2H3,(H,14,17). The zero-order valence-electron chi connectivity index (χ0n) is 11.1. The number of nitrogens with zero attached hydrogens (tertiary/aromatic N) is 2. The predicted octanol–water partition coefficient (Wildman–Crippen LogP) is 1.66. The van der Waals surface area contributed by atoms with Gasteiger partial charge in [0, 0.05) is 19.8 Å². The molecular weight excluding hydrogens is 248 g/mol. The summed E-state index contributed by atoms with van der Waals surface area (Å²) in [6.45, 7) is 0.689. The van der Waals surface area contributed by atoms with E-state index in [9.17, 15) is 4.79 Å². The quantitative estimate of drug-likeness (QED) is 0.705. The summed E-state index contributed by atoms with van der Waals surface area (Å²) >= 11 is 1.88. The van der Waals surface area contributed by atoms with E-state index in [1.54, 1.807) is 17.9 Å². The Morgan fingerprint density at radius 3 is 2.78 bits per heavy atom. The zero-order valence-corrected chi connectivity index (χ0v) is 11.9. The predicted molar refractivity (Wildman–Crippen MR) is 76.8 cm³/mol. The maximum atomic E-state index is 11.7. The van der Waals surface area contributed by atoms with Gasteiger partial charge in [-0.15, -0.1) is 0 Å². The summed E-state index contributed by atoms with van der Waals surface area (Å²) < 4.78 is 1.55. The Bertz CT molecular complexity index is 378. The average Bonchev–Trinajstić information content (AvgIpc) is 2.67. The minimum absolute atomic E-state index is 0.183. The number of unbranched alkanes of at least 4 members (excludes halogenated alkanes) is 3. The maximum Gasteiger partial charge on any atom is 0.273 e. The molecule has 1 heterocycles. The van der Waals surface area contributed by atoms with Crippen LogP contribution in [-0.4, -0.2) is 34.2 Å². The fourth-order valence-electron chi connectivity index (χ4n) is 1.69. The van der Waals surface area contributed by atoms with Crippen molar-refractivity contribution in [2.45, 2.75) is 25.7 Å². The number of amides is 1. The lowest BCUT2D eigenvalue weighted by atomic mass is 10.2. The first-order valence-electron chi connectivity index (χ1n) is 6.21. The van der Waals surface area contributed by atoms with Gasteiger partial charge in [-0.2, -0.15) is 16.9 Å². The van der Waals surface area contributed by atoms with Gasteiger partial charge in [0.25, 0.3) is 5.91 Å². The number of hydrogen-bond donors (Lipinski definition) is 2. The summed E-state index contributed by atoms with van der Waals surface area (Å²) in [6, 6.07) is 0. The van der Waals surface area contributed by atoms with Gasteiger partial charge in [-0.05, 0) is 24.9 Å². The van der Waals surface area contributed by atoms with Crippen molar-refractivity contribution in [2.24, 2.45) is 7.05 Å².